The molecule has 0 N–H and O–H groups in total. The predicted molar refractivity (Wildman–Crippen MR) is 50.8 cm³/mol. The van der Waals surface area contributed by atoms with Crippen LogP contribution in [0.3, 0.4) is 0 Å². The van der Waals surface area contributed by atoms with Gasteiger partial charge in [-0.15, -0.1) is 6.42 Å². The van der Waals surface area contributed by atoms with E-state index in [0.29, 0.717) is 12.5 Å². The Hall–Kier alpha value is -1.03. The van der Waals surface area contributed by atoms with Crippen molar-refractivity contribution in [2.24, 2.45) is 10.9 Å². The molecule has 11 heavy (non-hydrogen) atoms. The van der Waals surface area contributed by atoms with Crippen LogP contribution in [0.25, 0.3) is 0 Å². The molecule has 0 aliphatic heterocycles. The maximum Gasteiger partial charge on any atom is 0.0998 e. The smallest absolute Gasteiger partial charge is 0.0998 e. The Labute approximate surface area is 69.2 Å². The summed E-state index contributed by atoms with van der Waals surface area (Å²) in [6, 6.07) is 0. The Kier molecular flexibility index (Phi) is 5.20. The molecule has 0 atom stereocenters. The lowest BCUT2D eigenvalue weighted by Crippen LogP contribution is -2.04. The topological polar surface area (TPSA) is 12.4 Å². The zero-order valence-electron chi connectivity index (χ0n) is 7.46. The normalized spacial score (nSPS) is 12.5. The standard InChI is InChI=1S/C10H15N/c1-5-7-10(9(3)4)11-8-6-2/h2,5,7,9H,8H2,1,3-4H3/b7-5-,11-10?. The van der Waals surface area contributed by atoms with Gasteiger partial charge in [-0.2, -0.15) is 0 Å². The summed E-state index contributed by atoms with van der Waals surface area (Å²) in [5, 5.41) is 0. The maximum absolute atomic E-state index is 5.09. The molecule has 0 aliphatic carbocycles. The van der Waals surface area contributed by atoms with Gasteiger partial charge in [0.05, 0.1) is 6.54 Å². The minimum absolute atomic E-state index is 0.458. The molecule has 0 aromatic rings. The summed E-state index contributed by atoms with van der Waals surface area (Å²) in [5.74, 6) is 2.95. The van der Waals surface area contributed by atoms with Crippen LogP contribution in [0, 0.1) is 18.3 Å². The van der Waals surface area contributed by atoms with Crippen LogP contribution in [0.2, 0.25) is 0 Å². The number of aliphatic imine (C=N–C) groups is 1. The molecule has 60 valence electrons. The summed E-state index contributed by atoms with van der Waals surface area (Å²) in [6.07, 6.45) is 9.08. The Morgan fingerprint density at radius 2 is 2.27 bits per heavy atom. The van der Waals surface area contributed by atoms with Gasteiger partial charge >= 0.3 is 0 Å². The average molecular weight is 149 g/mol. The highest BCUT2D eigenvalue weighted by Gasteiger charge is 1.98. The van der Waals surface area contributed by atoms with Gasteiger partial charge < -0.3 is 0 Å². The van der Waals surface area contributed by atoms with Gasteiger partial charge in [0, 0.05) is 5.71 Å². The van der Waals surface area contributed by atoms with E-state index in [2.05, 4.69) is 24.8 Å². The quantitative estimate of drug-likeness (QED) is 0.431. The van der Waals surface area contributed by atoms with Gasteiger partial charge in [-0.1, -0.05) is 25.8 Å². The molecule has 1 heteroatoms. The highest BCUT2D eigenvalue weighted by molar-refractivity contribution is 5.96. The van der Waals surface area contributed by atoms with Crippen LogP contribution in [-0.4, -0.2) is 12.3 Å². The molecule has 1 nitrogen and oxygen atoms in total. The fraction of sp³-hybridized carbons (Fsp3) is 0.500. The molecule has 0 heterocycles. The zero-order chi connectivity index (χ0) is 8.69. The van der Waals surface area contributed by atoms with Crippen molar-refractivity contribution in [2.45, 2.75) is 20.8 Å². The minimum atomic E-state index is 0.458. The number of allylic oxidation sites excluding steroid dienone is 2. The predicted octanol–water partition coefficient (Wildman–Crippen LogP) is 2.29. The van der Waals surface area contributed by atoms with Gasteiger partial charge in [-0.25, -0.2) is 0 Å². The van der Waals surface area contributed by atoms with Crippen molar-refractivity contribution < 1.29 is 0 Å². The molecule has 0 rings (SSSR count). The first-order valence-electron chi connectivity index (χ1n) is 3.82. The van der Waals surface area contributed by atoms with Crippen molar-refractivity contribution in [1.29, 1.82) is 0 Å². The number of rotatable bonds is 3. The summed E-state index contributed by atoms with van der Waals surface area (Å²) in [7, 11) is 0. The molecule has 0 amide bonds. The van der Waals surface area contributed by atoms with E-state index in [-0.39, 0.29) is 0 Å². The lowest BCUT2D eigenvalue weighted by molar-refractivity contribution is 0.882. The molecule has 0 saturated heterocycles. The van der Waals surface area contributed by atoms with E-state index in [4.69, 9.17) is 6.42 Å². The third-order valence-electron chi connectivity index (χ3n) is 1.28. The first-order valence-corrected chi connectivity index (χ1v) is 3.82. The van der Waals surface area contributed by atoms with Gasteiger partial charge in [-0.3, -0.25) is 4.99 Å². The van der Waals surface area contributed by atoms with E-state index in [1.54, 1.807) is 0 Å². The van der Waals surface area contributed by atoms with E-state index in [9.17, 15) is 0 Å². The van der Waals surface area contributed by atoms with Crippen molar-refractivity contribution in [3.05, 3.63) is 12.2 Å². The Morgan fingerprint density at radius 1 is 1.64 bits per heavy atom. The second-order valence-electron chi connectivity index (χ2n) is 2.60. The van der Waals surface area contributed by atoms with Crippen LogP contribution in [0.1, 0.15) is 20.8 Å². The molecule has 0 bridgehead atoms. The van der Waals surface area contributed by atoms with Crippen LogP contribution in [0.5, 0.6) is 0 Å². The van der Waals surface area contributed by atoms with Crippen LogP contribution in [0.4, 0.5) is 0 Å². The van der Waals surface area contributed by atoms with E-state index >= 15 is 0 Å². The molecule has 0 fully saturated rings. The second kappa shape index (κ2) is 5.73. The maximum atomic E-state index is 5.09. The molecule has 0 saturated carbocycles. The highest BCUT2D eigenvalue weighted by atomic mass is 14.7. The molecule has 0 aromatic carbocycles. The van der Waals surface area contributed by atoms with Gasteiger partial charge in [-0.05, 0) is 18.9 Å². The number of nitrogens with zero attached hydrogens (tertiary/aromatic N) is 1. The minimum Gasteiger partial charge on any atom is -0.277 e. The Morgan fingerprint density at radius 3 is 2.64 bits per heavy atom. The number of hydrogen-bond donors (Lipinski definition) is 0. The Bertz CT molecular complexity index is 191. The van der Waals surface area contributed by atoms with Crippen molar-refractivity contribution in [3.8, 4) is 12.3 Å². The third kappa shape index (κ3) is 4.38. The lowest BCUT2D eigenvalue weighted by atomic mass is 10.1. The molecule has 0 unspecified atom stereocenters. The van der Waals surface area contributed by atoms with Gasteiger partial charge in [0.25, 0.3) is 0 Å². The SMILES string of the molecule is C#CCN=C(/C=C\C)C(C)C. The molecule has 0 radical (unpaired) electrons. The Balaban J connectivity index is 4.23. The summed E-state index contributed by atoms with van der Waals surface area (Å²) in [5.41, 5.74) is 1.07. The van der Waals surface area contributed by atoms with E-state index in [0.717, 1.165) is 5.71 Å². The van der Waals surface area contributed by atoms with Crippen LogP contribution >= 0.6 is 0 Å². The van der Waals surface area contributed by atoms with E-state index < -0.39 is 0 Å². The molecular formula is C10H15N. The summed E-state index contributed by atoms with van der Waals surface area (Å²) in [4.78, 5) is 4.23. The van der Waals surface area contributed by atoms with Crippen LogP contribution in [0.15, 0.2) is 17.1 Å². The summed E-state index contributed by atoms with van der Waals surface area (Å²) < 4.78 is 0. The highest BCUT2D eigenvalue weighted by Crippen LogP contribution is 1.98. The molecule has 0 aliphatic rings. The molecule has 0 aromatic heterocycles. The summed E-state index contributed by atoms with van der Waals surface area (Å²) >= 11 is 0. The van der Waals surface area contributed by atoms with Gasteiger partial charge in [0.1, 0.15) is 0 Å². The van der Waals surface area contributed by atoms with Crippen molar-refractivity contribution in [2.75, 3.05) is 6.54 Å². The van der Waals surface area contributed by atoms with Crippen LogP contribution < -0.4 is 0 Å². The van der Waals surface area contributed by atoms with Gasteiger partial charge in [0.15, 0.2) is 0 Å². The zero-order valence-corrected chi connectivity index (χ0v) is 7.46. The van der Waals surface area contributed by atoms with E-state index in [1.165, 1.54) is 0 Å². The number of hydrogen-bond acceptors (Lipinski definition) is 1. The number of terminal acetylenes is 1. The first-order chi connectivity index (χ1) is 5.22. The molecule has 0 spiro atoms. The first kappa shape index (κ1) is 9.97. The monoisotopic (exact) mass is 149 g/mol. The summed E-state index contributed by atoms with van der Waals surface area (Å²) in [6.45, 7) is 6.68. The lowest BCUT2D eigenvalue weighted by Gasteiger charge is -2.02. The largest absolute Gasteiger partial charge is 0.277 e. The van der Waals surface area contributed by atoms with Crippen molar-refractivity contribution in [1.82, 2.24) is 0 Å². The van der Waals surface area contributed by atoms with Crippen LogP contribution in [-0.2, 0) is 0 Å². The average Bonchev–Trinajstić information content (AvgIpc) is 1.97. The fourth-order valence-electron chi connectivity index (χ4n) is 0.735. The van der Waals surface area contributed by atoms with E-state index in [1.807, 2.05) is 19.1 Å². The van der Waals surface area contributed by atoms with Crippen molar-refractivity contribution in [3.63, 3.8) is 0 Å². The fourth-order valence-corrected chi connectivity index (χ4v) is 0.735. The van der Waals surface area contributed by atoms with Gasteiger partial charge in [0.2, 0.25) is 0 Å². The second-order valence-corrected chi connectivity index (χ2v) is 2.60. The van der Waals surface area contributed by atoms with Crippen molar-refractivity contribution >= 4 is 5.71 Å². The molecular weight excluding hydrogens is 134 g/mol. The third-order valence-corrected chi connectivity index (χ3v) is 1.28.